The van der Waals surface area contributed by atoms with E-state index in [1.165, 1.54) is 18.6 Å². The zero-order valence-corrected chi connectivity index (χ0v) is 21.0. The fourth-order valence-corrected chi connectivity index (χ4v) is 6.03. The van der Waals surface area contributed by atoms with Crippen LogP contribution in [0.2, 0.25) is 0 Å². The number of carbonyl (C=O) groups is 2. The number of carbonyl (C=O) groups excluding carboxylic acids is 2. The number of halogens is 3. The van der Waals surface area contributed by atoms with E-state index in [4.69, 9.17) is 0 Å². The van der Waals surface area contributed by atoms with Gasteiger partial charge in [0, 0.05) is 50.2 Å². The molecule has 2 heterocycles. The highest BCUT2D eigenvalue weighted by atomic mass is 19.4. The minimum absolute atomic E-state index is 0.00819. The summed E-state index contributed by atoms with van der Waals surface area (Å²) in [6, 6.07) is 11.4. The molecule has 37 heavy (non-hydrogen) atoms. The number of nitrogens with one attached hydrogen (secondary N) is 1. The van der Waals surface area contributed by atoms with E-state index in [9.17, 15) is 22.8 Å². The number of piperazine rings is 1. The first-order chi connectivity index (χ1) is 17.8. The van der Waals surface area contributed by atoms with Crippen LogP contribution >= 0.6 is 0 Å². The lowest BCUT2D eigenvalue weighted by Crippen LogP contribution is -2.46. The molecule has 2 aromatic carbocycles. The van der Waals surface area contributed by atoms with Crippen molar-refractivity contribution in [2.45, 2.75) is 57.2 Å². The van der Waals surface area contributed by atoms with E-state index < -0.39 is 17.7 Å². The Bertz CT molecular complexity index is 1120. The summed E-state index contributed by atoms with van der Waals surface area (Å²) < 4.78 is 42.3. The first-order valence-corrected chi connectivity index (χ1v) is 13.4. The van der Waals surface area contributed by atoms with Gasteiger partial charge in [0.25, 0.3) is 5.91 Å². The Labute approximate surface area is 216 Å². The first kappa shape index (κ1) is 25.8. The second kappa shape index (κ2) is 10.9. The molecular weight excluding hydrogens is 479 g/mol. The van der Waals surface area contributed by atoms with Crippen LogP contribution in [-0.2, 0) is 17.4 Å². The van der Waals surface area contributed by atoms with E-state index in [1.807, 2.05) is 4.90 Å². The summed E-state index contributed by atoms with van der Waals surface area (Å²) in [7, 11) is 0. The molecule has 1 unspecified atom stereocenters. The molecule has 3 fully saturated rings. The van der Waals surface area contributed by atoms with E-state index in [1.54, 1.807) is 35.2 Å². The number of rotatable bonds is 5. The standard InChI is InChI=1S/C29H34F3N3O2/c30-29(31,32)26-19-22(20-6-8-21(9-7-20)27(36)34-16-13-33-14-17-34)10-11-23(26)18-24-12-15-35(28(24)37)25-4-2-1-3-5-25/h6-11,19,24-25,33H,1-5,12-18H2. The number of alkyl halides is 3. The molecular formula is C29H34F3N3O2. The molecule has 0 radical (unpaired) electrons. The molecule has 0 spiro atoms. The summed E-state index contributed by atoms with van der Waals surface area (Å²) in [6.07, 6.45) is 1.62. The Kier molecular flexibility index (Phi) is 7.56. The molecule has 1 aliphatic carbocycles. The number of nitrogens with zero attached hydrogens (tertiary/aromatic N) is 2. The number of amides is 2. The van der Waals surface area contributed by atoms with E-state index >= 15 is 0 Å². The Balaban J connectivity index is 1.32. The molecule has 5 rings (SSSR count). The Morgan fingerprint density at radius 1 is 0.892 bits per heavy atom. The van der Waals surface area contributed by atoms with Gasteiger partial charge in [0.15, 0.2) is 0 Å². The summed E-state index contributed by atoms with van der Waals surface area (Å²) in [6.45, 7) is 3.42. The van der Waals surface area contributed by atoms with Crippen LogP contribution in [0, 0.1) is 5.92 Å². The van der Waals surface area contributed by atoms with Gasteiger partial charge in [-0.2, -0.15) is 13.2 Å². The maximum atomic E-state index is 14.1. The maximum Gasteiger partial charge on any atom is 0.416 e. The van der Waals surface area contributed by atoms with Crippen molar-refractivity contribution in [1.82, 2.24) is 15.1 Å². The van der Waals surface area contributed by atoms with Gasteiger partial charge in [-0.15, -0.1) is 0 Å². The molecule has 1 saturated carbocycles. The van der Waals surface area contributed by atoms with E-state index in [0.717, 1.165) is 38.8 Å². The summed E-state index contributed by atoms with van der Waals surface area (Å²) >= 11 is 0. The smallest absolute Gasteiger partial charge is 0.339 e. The van der Waals surface area contributed by atoms with Gasteiger partial charge in [0.2, 0.25) is 5.91 Å². The highest BCUT2D eigenvalue weighted by Crippen LogP contribution is 2.38. The average molecular weight is 514 g/mol. The quantitative estimate of drug-likeness (QED) is 0.602. The number of hydrogen-bond acceptors (Lipinski definition) is 3. The maximum absolute atomic E-state index is 14.1. The second-order valence-corrected chi connectivity index (χ2v) is 10.5. The molecule has 8 heteroatoms. The molecule has 0 aromatic heterocycles. The van der Waals surface area contributed by atoms with Crippen molar-refractivity contribution in [1.29, 1.82) is 0 Å². The second-order valence-electron chi connectivity index (χ2n) is 10.5. The molecule has 2 saturated heterocycles. The van der Waals surface area contributed by atoms with Gasteiger partial charge in [-0.25, -0.2) is 0 Å². The third-order valence-corrected chi connectivity index (χ3v) is 8.12. The van der Waals surface area contributed by atoms with Crippen LogP contribution in [0.15, 0.2) is 42.5 Å². The first-order valence-electron chi connectivity index (χ1n) is 13.4. The third-order valence-electron chi connectivity index (χ3n) is 8.12. The minimum atomic E-state index is -4.52. The van der Waals surface area contributed by atoms with Crippen LogP contribution in [0.5, 0.6) is 0 Å². The molecule has 2 amide bonds. The topological polar surface area (TPSA) is 52.7 Å². The molecule has 2 aromatic rings. The number of likely N-dealkylation sites (tertiary alicyclic amines) is 1. The highest BCUT2D eigenvalue weighted by Gasteiger charge is 2.39. The summed E-state index contributed by atoms with van der Waals surface area (Å²) in [5.74, 6) is -0.458. The number of benzene rings is 2. The lowest BCUT2D eigenvalue weighted by Gasteiger charge is -2.31. The SMILES string of the molecule is O=C(c1ccc(-c2ccc(CC3CCN(C4CCCCC4)C3=O)c(C(F)(F)F)c2)cc1)N1CCNCC1. The van der Waals surface area contributed by atoms with Crippen LogP contribution in [-0.4, -0.2) is 60.4 Å². The van der Waals surface area contributed by atoms with Gasteiger partial charge in [0.05, 0.1) is 5.56 Å². The van der Waals surface area contributed by atoms with E-state index in [0.29, 0.717) is 42.7 Å². The number of hydrogen-bond donors (Lipinski definition) is 1. The lowest BCUT2D eigenvalue weighted by atomic mass is 9.91. The lowest BCUT2D eigenvalue weighted by molar-refractivity contribution is -0.139. The molecule has 198 valence electrons. The molecule has 1 atom stereocenters. The van der Waals surface area contributed by atoms with Gasteiger partial charge in [-0.05, 0) is 60.6 Å². The van der Waals surface area contributed by atoms with Gasteiger partial charge >= 0.3 is 6.18 Å². The van der Waals surface area contributed by atoms with Crippen LogP contribution in [0.1, 0.15) is 60.0 Å². The van der Waals surface area contributed by atoms with Crippen molar-refractivity contribution in [2.75, 3.05) is 32.7 Å². The fourth-order valence-electron chi connectivity index (χ4n) is 6.03. The van der Waals surface area contributed by atoms with Crippen LogP contribution < -0.4 is 5.32 Å². The predicted octanol–water partition coefficient (Wildman–Crippen LogP) is 5.14. The van der Waals surface area contributed by atoms with E-state index in [2.05, 4.69) is 5.32 Å². The normalized spacial score (nSPS) is 21.5. The Morgan fingerprint density at radius 3 is 2.24 bits per heavy atom. The fraction of sp³-hybridized carbons (Fsp3) is 0.517. The van der Waals surface area contributed by atoms with Gasteiger partial charge in [-0.3, -0.25) is 9.59 Å². The zero-order chi connectivity index (χ0) is 26.0. The van der Waals surface area contributed by atoms with Gasteiger partial charge in [-0.1, -0.05) is 43.5 Å². The van der Waals surface area contributed by atoms with Crippen molar-refractivity contribution in [3.8, 4) is 11.1 Å². The average Bonchev–Trinajstić information content (AvgIpc) is 3.28. The van der Waals surface area contributed by atoms with Crippen molar-refractivity contribution in [2.24, 2.45) is 5.92 Å². The predicted molar refractivity (Wildman–Crippen MR) is 136 cm³/mol. The Morgan fingerprint density at radius 2 is 1.57 bits per heavy atom. The highest BCUT2D eigenvalue weighted by molar-refractivity contribution is 5.94. The van der Waals surface area contributed by atoms with Crippen LogP contribution in [0.3, 0.4) is 0 Å². The molecule has 1 N–H and O–H groups in total. The Hall–Kier alpha value is -2.87. The van der Waals surface area contributed by atoms with Crippen LogP contribution in [0.4, 0.5) is 13.2 Å². The van der Waals surface area contributed by atoms with Gasteiger partial charge in [0.1, 0.15) is 0 Å². The third kappa shape index (κ3) is 5.69. The molecule has 3 aliphatic rings. The van der Waals surface area contributed by atoms with Gasteiger partial charge < -0.3 is 15.1 Å². The molecule has 0 bridgehead atoms. The summed E-state index contributed by atoms with van der Waals surface area (Å²) in [5, 5.41) is 3.21. The zero-order valence-electron chi connectivity index (χ0n) is 21.0. The monoisotopic (exact) mass is 513 g/mol. The van der Waals surface area contributed by atoms with E-state index in [-0.39, 0.29) is 29.8 Å². The van der Waals surface area contributed by atoms with Crippen molar-refractivity contribution in [3.63, 3.8) is 0 Å². The van der Waals surface area contributed by atoms with Crippen molar-refractivity contribution >= 4 is 11.8 Å². The largest absolute Gasteiger partial charge is 0.416 e. The van der Waals surface area contributed by atoms with Crippen molar-refractivity contribution in [3.05, 3.63) is 59.2 Å². The van der Waals surface area contributed by atoms with Crippen molar-refractivity contribution < 1.29 is 22.8 Å². The summed E-state index contributed by atoms with van der Waals surface area (Å²) in [4.78, 5) is 29.5. The van der Waals surface area contributed by atoms with Crippen LogP contribution in [0.25, 0.3) is 11.1 Å². The molecule has 5 nitrogen and oxygen atoms in total. The minimum Gasteiger partial charge on any atom is -0.339 e. The molecule has 2 aliphatic heterocycles. The summed E-state index contributed by atoms with van der Waals surface area (Å²) in [5.41, 5.74) is 1.08.